The van der Waals surface area contributed by atoms with Crippen molar-refractivity contribution in [3.05, 3.63) is 0 Å². The zero-order valence-electron chi connectivity index (χ0n) is 27.1. The first kappa shape index (κ1) is 44.2. The Kier molecular flexibility index (Phi) is 43.4. The summed E-state index contributed by atoms with van der Waals surface area (Å²) in [5.74, 6) is 0. The molecule has 2 N–H and O–H groups in total. The summed E-state index contributed by atoms with van der Waals surface area (Å²) in [7, 11) is 0. The number of hydrogen-bond acceptors (Lipinski definition) is 13. The molecule has 0 atom stereocenters. The van der Waals surface area contributed by atoms with Gasteiger partial charge in [-0.25, -0.2) is 0 Å². The second-order valence-corrected chi connectivity index (χ2v) is 10.3. The first-order chi connectivity index (χ1) is 21.9. The lowest BCUT2D eigenvalue weighted by molar-refractivity contribution is -0.0283. The van der Waals surface area contributed by atoms with Crippen molar-refractivity contribution in [1.82, 2.24) is 0 Å². The molecule has 0 radical (unpaired) electrons. The zero-order valence-corrected chi connectivity index (χ0v) is 29.2. The molecule has 0 rings (SSSR count). The fourth-order valence-corrected chi connectivity index (χ4v) is 3.80. The molecule has 0 saturated carbocycles. The van der Waals surface area contributed by atoms with E-state index in [1.165, 1.54) is 23.7 Å². The highest BCUT2D eigenvalue weighted by molar-refractivity contribution is 14.1. The second kappa shape index (κ2) is 43.2. The predicted octanol–water partition coefficient (Wildman–Crippen LogP) is 2.14. The Morgan fingerprint density at radius 2 is 0.455 bits per heavy atom. The SMILES string of the molecule is NCCOCCOCCOCCOCCOCCOCCOCCOCCOCCOCCOCCOCCCCCCI. The largest absolute Gasteiger partial charge is 0.379 e. The van der Waals surface area contributed by atoms with Crippen molar-refractivity contribution in [2.45, 2.75) is 25.7 Å². The second-order valence-electron chi connectivity index (χ2n) is 9.24. The van der Waals surface area contributed by atoms with Crippen molar-refractivity contribution in [3.63, 3.8) is 0 Å². The molecule has 0 unspecified atom stereocenters. The molecule has 0 aromatic rings. The highest BCUT2D eigenvalue weighted by Gasteiger charge is 1.97. The lowest BCUT2D eigenvalue weighted by Crippen LogP contribution is -2.15. The van der Waals surface area contributed by atoms with Crippen molar-refractivity contribution in [1.29, 1.82) is 0 Å². The zero-order chi connectivity index (χ0) is 31.7. The fourth-order valence-electron chi connectivity index (χ4n) is 3.26. The van der Waals surface area contributed by atoms with Crippen LogP contribution in [0.5, 0.6) is 0 Å². The molecule has 0 spiro atoms. The van der Waals surface area contributed by atoms with Crippen LogP contribution in [-0.4, -0.2) is 170 Å². The summed E-state index contributed by atoms with van der Waals surface area (Å²) in [4.78, 5) is 0. The number of unbranched alkanes of at least 4 members (excludes halogenated alkanes) is 3. The van der Waals surface area contributed by atoms with Gasteiger partial charge in [-0.2, -0.15) is 0 Å². The lowest BCUT2D eigenvalue weighted by Gasteiger charge is -2.09. The van der Waals surface area contributed by atoms with Crippen LogP contribution in [-0.2, 0) is 56.8 Å². The third-order valence-electron chi connectivity index (χ3n) is 5.53. The van der Waals surface area contributed by atoms with E-state index in [9.17, 15) is 0 Å². The number of alkyl halides is 1. The van der Waals surface area contributed by atoms with Gasteiger partial charge in [0, 0.05) is 13.2 Å². The number of halogens is 1. The number of rotatable bonds is 41. The summed E-state index contributed by atoms with van der Waals surface area (Å²) in [6.45, 7) is 13.8. The Morgan fingerprint density at radius 3 is 0.682 bits per heavy atom. The van der Waals surface area contributed by atoms with E-state index in [0.717, 1.165) is 13.0 Å². The molecule has 0 aliphatic heterocycles. The molecular formula is C30H62INO12. The molecule has 0 heterocycles. The van der Waals surface area contributed by atoms with Crippen molar-refractivity contribution < 1.29 is 56.8 Å². The molecule has 266 valence electrons. The third kappa shape index (κ3) is 42.2. The first-order valence-electron chi connectivity index (χ1n) is 16.1. The van der Waals surface area contributed by atoms with Gasteiger partial charge in [-0.1, -0.05) is 35.4 Å². The molecule has 13 nitrogen and oxygen atoms in total. The maximum atomic E-state index is 5.56. The first-order valence-corrected chi connectivity index (χ1v) is 17.6. The summed E-state index contributed by atoms with van der Waals surface area (Å²) in [5, 5.41) is 0. The molecule has 0 saturated heterocycles. The van der Waals surface area contributed by atoms with E-state index in [2.05, 4.69) is 22.6 Å². The smallest absolute Gasteiger partial charge is 0.0701 e. The normalized spacial score (nSPS) is 11.6. The molecule has 0 aliphatic carbocycles. The molecule has 44 heavy (non-hydrogen) atoms. The van der Waals surface area contributed by atoms with Crippen LogP contribution in [0.1, 0.15) is 25.7 Å². The van der Waals surface area contributed by atoms with Gasteiger partial charge < -0.3 is 62.6 Å². The van der Waals surface area contributed by atoms with E-state index < -0.39 is 0 Å². The van der Waals surface area contributed by atoms with E-state index >= 15 is 0 Å². The topological polar surface area (TPSA) is 137 Å². The van der Waals surface area contributed by atoms with E-state index in [0.29, 0.717) is 159 Å². The van der Waals surface area contributed by atoms with Gasteiger partial charge in [0.15, 0.2) is 0 Å². The fraction of sp³-hybridized carbons (Fsp3) is 1.00. The minimum atomic E-state index is 0.516. The van der Waals surface area contributed by atoms with Crippen LogP contribution in [0, 0.1) is 0 Å². The summed E-state index contributed by atoms with van der Waals surface area (Å²) < 4.78 is 66.6. The van der Waals surface area contributed by atoms with E-state index in [-0.39, 0.29) is 0 Å². The van der Waals surface area contributed by atoms with Gasteiger partial charge >= 0.3 is 0 Å². The van der Waals surface area contributed by atoms with Crippen LogP contribution in [0.2, 0.25) is 0 Å². The Labute approximate surface area is 279 Å². The van der Waals surface area contributed by atoms with Crippen molar-refractivity contribution >= 4 is 22.6 Å². The molecule has 0 bridgehead atoms. The highest BCUT2D eigenvalue weighted by Crippen LogP contribution is 2.02. The van der Waals surface area contributed by atoms with Gasteiger partial charge in [0.2, 0.25) is 0 Å². The molecule has 0 amide bonds. The van der Waals surface area contributed by atoms with E-state index in [1.807, 2.05) is 0 Å². The molecule has 0 aromatic heterocycles. The van der Waals surface area contributed by atoms with E-state index in [1.54, 1.807) is 0 Å². The minimum absolute atomic E-state index is 0.516. The third-order valence-corrected chi connectivity index (χ3v) is 6.29. The molecule has 14 heteroatoms. The summed E-state index contributed by atoms with van der Waals surface area (Å²) in [5.41, 5.74) is 5.33. The van der Waals surface area contributed by atoms with Crippen LogP contribution >= 0.6 is 22.6 Å². The molecule has 0 aromatic carbocycles. The monoisotopic (exact) mass is 755 g/mol. The molecule has 0 fully saturated rings. The highest BCUT2D eigenvalue weighted by atomic mass is 127. The van der Waals surface area contributed by atoms with E-state index in [4.69, 9.17) is 62.6 Å². The van der Waals surface area contributed by atoms with Gasteiger partial charge in [-0.3, -0.25) is 0 Å². The van der Waals surface area contributed by atoms with Crippen LogP contribution in [0.25, 0.3) is 0 Å². The van der Waals surface area contributed by atoms with Crippen LogP contribution in [0.15, 0.2) is 0 Å². The number of hydrogen-bond donors (Lipinski definition) is 1. The number of ether oxygens (including phenoxy) is 12. The van der Waals surface area contributed by atoms with Crippen LogP contribution in [0.3, 0.4) is 0 Å². The van der Waals surface area contributed by atoms with Gasteiger partial charge in [0.1, 0.15) is 0 Å². The number of nitrogens with two attached hydrogens (primary N) is 1. The van der Waals surface area contributed by atoms with Gasteiger partial charge in [-0.15, -0.1) is 0 Å². The minimum Gasteiger partial charge on any atom is -0.379 e. The average Bonchev–Trinajstić information content (AvgIpc) is 3.04. The maximum Gasteiger partial charge on any atom is 0.0701 e. The Hall–Kier alpha value is 0.210. The summed E-state index contributed by atoms with van der Waals surface area (Å²) in [6.07, 6.45) is 4.98. The summed E-state index contributed by atoms with van der Waals surface area (Å²) in [6, 6.07) is 0. The van der Waals surface area contributed by atoms with Crippen LogP contribution < -0.4 is 5.73 Å². The Balaban J connectivity index is 3.03. The van der Waals surface area contributed by atoms with Crippen molar-refractivity contribution in [3.8, 4) is 0 Å². The summed E-state index contributed by atoms with van der Waals surface area (Å²) >= 11 is 2.42. The quantitative estimate of drug-likeness (QED) is 0.0555. The van der Waals surface area contributed by atoms with Gasteiger partial charge in [0.05, 0.1) is 152 Å². The standard InChI is InChI=1S/C30H62INO12/c31-5-3-1-2-4-7-33-9-11-35-13-15-37-17-19-39-21-23-41-25-27-43-29-30-44-28-26-42-24-22-40-20-18-38-16-14-36-12-10-34-8-6-32/h1-30,32H2. The Bertz CT molecular complexity index is 461. The predicted molar refractivity (Wildman–Crippen MR) is 176 cm³/mol. The van der Waals surface area contributed by atoms with Crippen molar-refractivity contribution in [2.24, 2.45) is 5.73 Å². The average molecular weight is 756 g/mol. The molecule has 0 aliphatic rings. The molecular weight excluding hydrogens is 693 g/mol. The van der Waals surface area contributed by atoms with Crippen molar-refractivity contribution in [2.75, 3.05) is 170 Å². The maximum absolute atomic E-state index is 5.56. The lowest BCUT2D eigenvalue weighted by atomic mass is 10.2. The Morgan fingerprint density at radius 1 is 0.250 bits per heavy atom. The van der Waals surface area contributed by atoms with Gasteiger partial charge in [-0.05, 0) is 17.3 Å². The van der Waals surface area contributed by atoms with Gasteiger partial charge in [0.25, 0.3) is 0 Å². The van der Waals surface area contributed by atoms with Crippen LogP contribution in [0.4, 0.5) is 0 Å².